The van der Waals surface area contributed by atoms with Crippen molar-refractivity contribution in [2.75, 3.05) is 25.6 Å². The van der Waals surface area contributed by atoms with Crippen LogP contribution in [0.25, 0.3) is 0 Å². The molecule has 1 aromatic rings. The van der Waals surface area contributed by atoms with Crippen LogP contribution in [0.15, 0.2) is 18.2 Å². The summed E-state index contributed by atoms with van der Waals surface area (Å²) in [6.45, 7) is 3.13. The van der Waals surface area contributed by atoms with Crippen molar-refractivity contribution in [3.05, 3.63) is 28.8 Å². The highest BCUT2D eigenvalue weighted by Crippen LogP contribution is 2.21. The third kappa shape index (κ3) is 6.14. The van der Waals surface area contributed by atoms with Crippen molar-refractivity contribution in [2.24, 2.45) is 0 Å². The van der Waals surface area contributed by atoms with Gasteiger partial charge in [-0.1, -0.05) is 18.5 Å². The highest BCUT2D eigenvalue weighted by atomic mass is 35.5. The predicted molar refractivity (Wildman–Crippen MR) is 83.8 cm³/mol. The number of hydrogen-bond acceptors (Lipinski definition) is 3. The summed E-state index contributed by atoms with van der Waals surface area (Å²) in [6.07, 6.45) is 1.90. The van der Waals surface area contributed by atoms with Gasteiger partial charge in [-0.3, -0.25) is 9.59 Å². The summed E-state index contributed by atoms with van der Waals surface area (Å²) < 4.78 is 4.89. The largest absolute Gasteiger partial charge is 0.385 e. The van der Waals surface area contributed by atoms with E-state index in [1.807, 2.05) is 6.92 Å². The van der Waals surface area contributed by atoms with Gasteiger partial charge >= 0.3 is 0 Å². The van der Waals surface area contributed by atoms with Gasteiger partial charge in [-0.25, -0.2) is 0 Å². The fourth-order valence-electron chi connectivity index (χ4n) is 1.71. The van der Waals surface area contributed by atoms with E-state index in [2.05, 4.69) is 10.6 Å². The molecule has 0 aromatic heterocycles. The molecule has 0 saturated carbocycles. The maximum atomic E-state index is 11.8. The van der Waals surface area contributed by atoms with Crippen LogP contribution >= 0.6 is 11.6 Å². The highest BCUT2D eigenvalue weighted by molar-refractivity contribution is 6.34. The molecular weight excluding hydrogens is 292 g/mol. The standard InChI is InChI=1S/C15H21ClN2O3/c1-3-8-17-15(20)12-7-6-11(10-13(12)16)18-14(19)5-4-9-21-2/h6-7,10H,3-5,8-9H2,1-2H3,(H,17,20)(H,18,19). The number of amides is 2. The van der Waals surface area contributed by atoms with Crippen molar-refractivity contribution >= 4 is 29.1 Å². The fraction of sp³-hybridized carbons (Fsp3) is 0.467. The van der Waals surface area contributed by atoms with E-state index in [0.29, 0.717) is 42.3 Å². The second-order valence-corrected chi connectivity index (χ2v) is 5.00. The first-order valence-electron chi connectivity index (χ1n) is 6.95. The number of carbonyl (C=O) groups excluding carboxylic acids is 2. The number of anilines is 1. The lowest BCUT2D eigenvalue weighted by molar-refractivity contribution is -0.116. The molecule has 0 aliphatic rings. The molecule has 0 spiro atoms. The van der Waals surface area contributed by atoms with Gasteiger partial charge in [-0.05, 0) is 31.0 Å². The Labute approximate surface area is 130 Å². The molecule has 2 amide bonds. The molecule has 116 valence electrons. The van der Waals surface area contributed by atoms with E-state index in [4.69, 9.17) is 16.3 Å². The summed E-state index contributed by atoms with van der Waals surface area (Å²) in [4.78, 5) is 23.5. The van der Waals surface area contributed by atoms with Crippen LogP contribution in [0.5, 0.6) is 0 Å². The number of ether oxygens (including phenoxy) is 1. The van der Waals surface area contributed by atoms with Crippen LogP contribution in [0.3, 0.4) is 0 Å². The highest BCUT2D eigenvalue weighted by Gasteiger charge is 2.11. The van der Waals surface area contributed by atoms with Gasteiger partial charge in [0.1, 0.15) is 0 Å². The molecule has 5 nitrogen and oxygen atoms in total. The average molecular weight is 313 g/mol. The van der Waals surface area contributed by atoms with Gasteiger partial charge in [0.05, 0.1) is 10.6 Å². The van der Waals surface area contributed by atoms with E-state index in [-0.39, 0.29) is 11.8 Å². The molecule has 0 radical (unpaired) electrons. The van der Waals surface area contributed by atoms with Crippen LogP contribution in [0, 0.1) is 0 Å². The third-order valence-corrected chi connectivity index (χ3v) is 3.10. The smallest absolute Gasteiger partial charge is 0.252 e. The maximum Gasteiger partial charge on any atom is 0.252 e. The number of hydrogen-bond donors (Lipinski definition) is 2. The predicted octanol–water partition coefficient (Wildman–Crippen LogP) is 2.84. The van der Waals surface area contributed by atoms with Gasteiger partial charge < -0.3 is 15.4 Å². The Morgan fingerprint density at radius 2 is 2.10 bits per heavy atom. The van der Waals surface area contributed by atoms with Gasteiger partial charge in [-0.2, -0.15) is 0 Å². The van der Waals surface area contributed by atoms with Gasteiger partial charge in [0.15, 0.2) is 0 Å². The van der Waals surface area contributed by atoms with E-state index in [1.165, 1.54) is 0 Å². The molecule has 0 unspecified atom stereocenters. The monoisotopic (exact) mass is 312 g/mol. The number of methoxy groups -OCH3 is 1. The normalized spacial score (nSPS) is 10.2. The second kappa shape index (κ2) is 9.37. The van der Waals surface area contributed by atoms with Gasteiger partial charge in [0, 0.05) is 32.4 Å². The molecule has 1 aromatic carbocycles. The molecule has 0 fully saturated rings. The summed E-state index contributed by atoms with van der Waals surface area (Å²) in [7, 11) is 1.60. The second-order valence-electron chi connectivity index (χ2n) is 4.60. The molecule has 1 rings (SSSR count). The molecule has 21 heavy (non-hydrogen) atoms. The lowest BCUT2D eigenvalue weighted by atomic mass is 10.2. The first-order valence-corrected chi connectivity index (χ1v) is 7.32. The van der Waals surface area contributed by atoms with Crippen molar-refractivity contribution < 1.29 is 14.3 Å². The molecular formula is C15H21ClN2O3. The molecule has 0 heterocycles. The fourth-order valence-corrected chi connectivity index (χ4v) is 1.98. The van der Waals surface area contributed by atoms with Crippen LogP contribution in [-0.2, 0) is 9.53 Å². The van der Waals surface area contributed by atoms with Crippen LogP contribution in [0.1, 0.15) is 36.5 Å². The van der Waals surface area contributed by atoms with E-state index in [0.717, 1.165) is 6.42 Å². The van der Waals surface area contributed by atoms with E-state index >= 15 is 0 Å². The Morgan fingerprint density at radius 3 is 2.71 bits per heavy atom. The summed E-state index contributed by atoms with van der Waals surface area (Å²) in [6, 6.07) is 4.86. The lowest BCUT2D eigenvalue weighted by Gasteiger charge is -2.09. The Morgan fingerprint density at radius 1 is 1.33 bits per heavy atom. The Bertz CT molecular complexity index is 492. The van der Waals surface area contributed by atoms with E-state index in [9.17, 15) is 9.59 Å². The van der Waals surface area contributed by atoms with Crippen molar-refractivity contribution in [3.63, 3.8) is 0 Å². The van der Waals surface area contributed by atoms with Gasteiger partial charge in [-0.15, -0.1) is 0 Å². The van der Waals surface area contributed by atoms with Gasteiger partial charge in [0.2, 0.25) is 5.91 Å². The molecule has 0 atom stereocenters. The van der Waals surface area contributed by atoms with Crippen molar-refractivity contribution in [1.82, 2.24) is 5.32 Å². The lowest BCUT2D eigenvalue weighted by Crippen LogP contribution is -2.24. The number of benzene rings is 1. The first-order chi connectivity index (χ1) is 10.1. The summed E-state index contributed by atoms with van der Waals surface area (Å²) in [5, 5.41) is 5.82. The Hall–Kier alpha value is -1.59. The molecule has 2 N–H and O–H groups in total. The Balaban J connectivity index is 2.61. The zero-order valence-corrected chi connectivity index (χ0v) is 13.1. The summed E-state index contributed by atoms with van der Waals surface area (Å²) >= 11 is 6.08. The number of rotatable bonds is 8. The summed E-state index contributed by atoms with van der Waals surface area (Å²) in [5.74, 6) is -0.314. The molecule has 0 bridgehead atoms. The zero-order chi connectivity index (χ0) is 15.7. The van der Waals surface area contributed by atoms with Crippen LogP contribution in [0.2, 0.25) is 5.02 Å². The minimum absolute atomic E-state index is 0.105. The molecule has 6 heteroatoms. The quantitative estimate of drug-likeness (QED) is 0.725. The van der Waals surface area contributed by atoms with Crippen LogP contribution in [0.4, 0.5) is 5.69 Å². The molecule has 0 saturated heterocycles. The Kier molecular flexibility index (Phi) is 7.79. The van der Waals surface area contributed by atoms with E-state index < -0.39 is 0 Å². The first kappa shape index (κ1) is 17.5. The zero-order valence-electron chi connectivity index (χ0n) is 12.4. The van der Waals surface area contributed by atoms with Crippen molar-refractivity contribution in [1.29, 1.82) is 0 Å². The average Bonchev–Trinajstić information content (AvgIpc) is 2.45. The van der Waals surface area contributed by atoms with Crippen LogP contribution in [-0.4, -0.2) is 32.1 Å². The van der Waals surface area contributed by atoms with Crippen molar-refractivity contribution in [3.8, 4) is 0 Å². The topological polar surface area (TPSA) is 67.4 Å². The summed E-state index contributed by atoms with van der Waals surface area (Å²) in [5.41, 5.74) is 0.983. The minimum atomic E-state index is -0.208. The number of carbonyl (C=O) groups is 2. The maximum absolute atomic E-state index is 11.8. The van der Waals surface area contributed by atoms with Crippen molar-refractivity contribution in [2.45, 2.75) is 26.2 Å². The van der Waals surface area contributed by atoms with E-state index in [1.54, 1.807) is 25.3 Å². The minimum Gasteiger partial charge on any atom is -0.385 e. The third-order valence-electron chi connectivity index (χ3n) is 2.79. The molecule has 0 aliphatic heterocycles. The van der Waals surface area contributed by atoms with Gasteiger partial charge in [0.25, 0.3) is 5.91 Å². The number of halogens is 1. The SMILES string of the molecule is CCCNC(=O)c1ccc(NC(=O)CCCOC)cc1Cl. The number of nitrogens with one attached hydrogen (secondary N) is 2. The molecule has 0 aliphatic carbocycles. The van der Waals surface area contributed by atoms with Crippen LogP contribution < -0.4 is 10.6 Å².